The lowest BCUT2D eigenvalue weighted by molar-refractivity contribution is -0.0770. The van der Waals surface area contributed by atoms with Gasteiger partial charge in [-0.05, 0) is 85.9 Å². The highest BCUT2D eigenvalue weighted by atomic mass is 15.2. The molecule has 0 N–H and O–H groups in total. The Bertz CT molecular complexity index is 666. The molecule has 2 aliphatic rings. The van der Waals surface area contributed by atoms with Crippen LogP contribution in [0.3, 0.4) is 0 Å². The van der Waals surface area contributed by atoms with Gasteiger partial charge in [-0.25, -0.2) is 0 Å². The maximum atomic E-state index is 3.20. The zero-order chi connectivity index (χ0) is 31.1. The van der Waals surface area contributed by atoms with Gasteiger partial charge in [0, 0.05) is 18.6 Å². The van der Waals surface area contributed by atoms with Gasteiger partial charge in [0.2, 0.25) is 0 Å². The van der Waals surface area contributed by atoms with Crippen molar-refractivity contribution < 1.29 is 0 Å². The molecule has 1 heteroatoms. The number of likely N-dealkylation sites (tertiary alicyclic amines) is 1. The summed E-state index contributed by atoms with van der Waals surface area (Å²) < 4.78 is 0. The summed E-state index contributed by atoms with van der Waals surface area (Å²) >= 11 is 0. The Morgan fingerprint density at radius 3 is 2.02 bits per heavy atom. The molecule has 0 aromatic carbocycles. The van der Waals surface area contributed by atoms with Gasteiger partial charge in [0.1, 0.15) is 0 Å². The Labute approximate surface area is 267 Å². The van der Waals surface area contributed by atoms with Crippen LogP contribution in [-0.4, -0.2) is 23.5 Å². The topological polar surface area (TPSA) is 3.24 Å². The fourth-order valence-corrected chi connectivity index (χ4v) is 10.4. The third-order valence-corrected chi connectivity index (χ3v) is 13.4. The van der Waals surface area contributed by atoms with E-state index in [1.165, 1.54) is 135 Å². The molecule has 1 aliphatic heterocycles. The third-order valence-electron chi connectivity index (χ3n) is 13.4. The van der Waals surface area contributed by atoms with Crippen molar-refractivity contribution in [3.63, 3.8) is 0 Å². The molecular weight excluding hydrogens is 506 g/mol. The van der Waals surface area contributed by atoms with E-state index in [1.807, 2.05) is 0 Å². The second kappa shape index (κ2) is 20.2. The summed E-state index contributed by atoms with van der Waals surface area (Å²) in [7, 11) is 0. The van der Waals surface area contributed by atoms with Crippen LogP contribution < -0.4 is 0 Å². The van der Waals surface area contributed by atoms with Crippen LogP contribution in [0, 0.1) is 46.8 Å². The first-order valence-corrected chi connectivity index (χ1v) is 20.0. The van der Waals surface area contributed by atoms with Crippen molar-refractivity contribution in [2.45, 2.75) is 210 Å². The highest BCUT2D eigenvalue weighted by molar-refractivity contribution is 5.01. The largest absolute Gasteiger partial charge is 0.297 e. The van der Waals surface area contributed by atoms with E-state index in [-0.39, 0.29) is 0 Å². The Balaban J connectivity index is 2.26. The molecule has 0 bridgehead atoms. The van der Waals surface area contributed by atoms with Crippen molar-refractivity contribution in [1.29, 1.82) is 0 Å². The molecule has 42 heavy (non-hydrogen) atoms. The van der Waals surface area contributed by atoms with E-state index < -0.39 is 0 Å². The summed E-state index contributed by atoms with van der Waals surface area (Å²) in [6, 6.07) is 1.58. The fourth-order valence-electron chi connectivity index (χ4n) is 10.4. The molecule has 8 atom stereocenters. The van der Waals surface area contributed by atoms with Crippen molar-refractivity contribution in [3.8, 4) is 0 Å². The predicted molar refractivity (Wildman–Crippen MR) is 190 cm³/mol. The Morgan fingerprint density at radius 2 is 1.43 bits per heavy atom. The second-order valence-electron chi connectivity index (χ2n) is 16.1. The second-order valence-corrected chi connectivity index (χ2v) is 16.1. The van der Waals surface area contributed by atoms with Crippen LogP contribution in [0.15, 0.2) is 0 Å². The lowest BCUT2D eigenvalue weighted by Gasteiger charge is -2.57. The van der Waals surface area contributed by atoms with Crippen LogP contribution in [0.5, 0.6) is 0 Å². The minimum atomic E-state index is 0.509. The predicted octanol–water partition coefficient (Wildman–Crippen LogP) is 13.4. The zero-order valence-corrected chi connectivity index (χ0v) is 31.0. The van der Waals surface area contributed by atoms with Crippen LogP contribution in [0.4, 0.5) is 0 Å². The molecule has 0 aromatic heterocycles. The highest BCUT2D eigenvalue weighted by Gasteiger charge is 2.48. The summed E-state index contributed by atoms with van der Waals surface area (Å²) in [4.78, 5) is 3.20. The van der Waals surface area contributed by atoms with Crippen molar-refractivity contribution in [2.75, 3.05) is 6.54 Å². The van der Waals surface area contributed by atoms with Crippen LogP contribution in [-0.2, 0) is 0 Å². The molecule has 0 aromatic rings. The van der Waals surface area contributed by atoms with Gasteiger partial charge in [-0.1, -0.05) is 159 Å². The van der Waals surface area contributed by atoms with Crippen LogP contribution in [0.25, 0.3) is 0 Å². The van der Waals surface area contributed by atoms with Crippen molar-refractivity contribution in [3.05, 3.63) is 0 Å². The van der Waals surface area contributed by atoms with Crippen LogP contribution >= 0.6 is 0 Å². The fraction of sp³-hybridized carbons (Fsp3) is 1.00. The SMILES string of the molecule is CCCCCC(C)C1(CCC)CCCC(C(CC)C(CC)CCC)CN(C2CC(C(C)CCCC(C)CCC)C2)C1C. The Hall–Kier alpha value is -0.0400. The first kappa shape index (κ1) is 38.1. The van der Waals surface area contributed by atoms with E-state index in [4.69, 9.17) is 0 Å². The average molecular weight is 588 g/mol. The molecule has 1 saturated carbocycles. The van der Waals surface area contributed by atoms with E-state index in [9.17, 15) is 0 Å². The van der Waals surface area contributed by atoms with Gasteiger partial charge in [-0.15, -0.1) is 0 Å². The lowest BCUT2D eigenvalue weighted by atomic mass is 9.60. The minimum absolute atomic E-state index is 0.509. The van der Waals surface area contributed by atoms with Gasteiger partial charge < -0.3 is 0 Å². The van der Waals surface area contributed by atoms with Gasteiger partial charge in [-0.2, -0.15) is 0 Å². The third kappa shape index (κ3) is 10.5. The molecule has 2 rings (SSSR count). The summed E-state index contributed by atoms with van der Waals surface area (Å²) in [6.45, 7) is 26.5. The molecule has 1 heterocycles. The van der Waals surface area contributed by atoms with E-state index in [2.05, 4.69) is 74.1 Å². The van der Waals surface area contributed by atoms with Gasteiger partial charge in [0.25, 0.3) is 0 Å². The van der Waals surface area contributed by atoms with E-state index in [0.29, 0.717) is 5.41 Å². The Kier molecular flexibility index (Phi) is 18.3. The maximum absolute atomic E-state index is 3.20. The summed E-state index contributed by atoms with van der Waals surface area (Å²) in [5.41, 5.74) is 0.509. The number of hydrogen-bond donors (Lipinski definition) is 0. The van der Waals surface area contributed by atoms with E-state index in [0.717, 1.165) is 53.5 Å². The van der Waals surface area contributed by atoms with Crippen LogP contribution in [0.1, 0.15) is 198 Å². The molecule has 1 aliphatic carbocycles. The number of nitrogens with zero attached hydrogens (tertiary/aromatic N) is 1. The van der Waals surface area contributed by atoms with E-state index >= 15 is 0 Å². The van der Waals surface area contributed by atoms with E-state index in [1.54, 1.807) is 0 Å². The quantitative estimate of drug-likeness (QED) is 0.121. The van der Waals surface area contributed by atoms with Crippen molar-refractivity contribution >= 4 is 0 Å². The molecule has 1 nitrogen and oxygen atoms in total. The normalized spacial score (nSPS) is 31.0. The van der Waals surface area contributed by atoms with Crippen molar-refractivity contribution in [1.82, 2.24) is 4.90 Å². The number of hydrogen-bond acceptors (Lipinski definition) is 1. The first-order chi connectivity index (χ1) is 20.2. The standard InChI is InChI=1S/C41H81N/c1-11-17-18-25-34(9)41(27-14-4)28-20-26-37(40(16-6)36(15-5)22-13-3)31-42(35(41)10)39-29-38(30-39)33(8)24-19-23-32(7)21-12-2/h32-40H,11-31H2,1-10H3. The van der Waals surface area contributed by atoms with Gasteiger partial charge in [0.15, 0.2) is 0 Å². The summed E-state index contributed by atoms with van der Waals surface area (Å²) in [6.07, 6.45) is 28.5. The number of unbranched alkanes of at least 4 members (excludes halogenated alkanes) is 2. The minimum Gasteiger partial charge on any atom is -0.297 e. The molecular formula is C41H81N. The lowest BCUT2D eigenvalue weighted by Crippen LogP contribution is -2.59. The zero-order valence-electron chi connectivity index (χ0n) is 31.0. The molecule has 2 fully saturated rings. The monoisotopic (exact) mass is 588 g/mol. The molecule has 0 amide bonds. The Morgan fingerprint density at radius 1 is 0.714 bits per heavy atom. The molecule has 250 valence electrons. The first-order valence-electron chi connectivity index (χ1n) is 20.0. The molecule has 8 unspecified atom stereocenters. The maximum Gasteiger partial charge on any atom is 0.0129 e. The average Bonchev–Trinajstić information content (AvgIpc) is 2.93. The summed E-state index contributed by atoms with van der Waals surface area (Å²) in [5, 5.41) is 0. The highest BCUT2D eigenvalue weighted by Crippen LogP contribution is 2.51. The van der Waals surface area contributed by atoms with Crippen LogP contribution in [0.2, 0.25) is 0 Å². The van der Waals surface area contributed by atoms with Crippen molar-refractivity contribution in [2.24, 2.45) is 46.8 Å². The molecule has 0 radical (unpaired) electrons. The molecule has 0 spiro atoms. The van der Waals surface area contributed by atoms with Gasteiger partial charge in [0.05, 0.1) is 0 Å². The molecule has 1 saturated heterocycles. The number of rotatable bonds is 21. The smallest absolute Gasteiger partial charge is 0.0129 e. The van der Waals surface area contributed by atoms with Gasteiger partial charge in [-0.3, -0.25) is 4.90 Å². The van der Waals surface area contributed by atoms with Gasteiger partial charge >= 0.3 is 0 Å². The summed E-state index contributed by atoms with van der Waals surface area (Å²) in [5.74, 6) is 6.42.